The largest absolute Gasteiger partial charge is 0.370 e. The lowest BCUT2D eigenvalue weighted by Gasteiger charge is -2.24. The van der Waals surface area contributed by atoms with Crippen LogP contribution in [0.5, 0.6) is 0 Å². The fourth-order valence-corrected chi connectivity index (χ4v) is 5.00. The van der Waals surface area contributed by atoms with Crippen molar-refractivity contribution in [1.82, 2.24) is 14.3 Å². The highest BCUT2D eigenvalue weighted by atomic mass is 32.2. The Morgan fingerprint density at radius 2 is 1.79 bits per heavy atom. The van der Waals surface area contributed by atoms with Gasteiger partial charge in [-0.1, -0.05) is 6.07 Å². The van der Waals surface area contributed by atoms with Gasteiger partial charge in [-0.3, -0.25) is 4.79 Å². The molecular weight excluding hydrogens is 442 g/mol. The Bertz CT molecular complexity index is 1290. The Kier molecular flexibility index (Phi) is 6.50. The van der Waals surface area contributed by atoms with Crippen LogP contribution in [0.3, 0.4) is 0 Å². The summed E-state index contributed by atoms with van der Waals surface area (Å²) in [5.74, 6) is 0.866. The topological polar surface area (TPSA) is 64.6 Å². The summed E-state index contributed by atoms with van der Waals surface area (Å²) in [5.41, 5.74) is 4.47. The van der Waals surface area contributed by atoms with Crippen molar-refractivity contribution in [3.63, 3.8) is 0 Å². The van der Waals surface area contributed by atoms with Crippen molar-refractivity contribution in [2.24, 2.45) is 0 Å². The van der Waals surface area contributed by atoms with E-state index in [9.17, 15) is 4.79 Å². The molecule has 0 radical (unpaired) electrons. The summed E-state index contributed by atoms with van der Waals surface area (Å²) < 4.78 is 2.03. The van der Waals surface area contributed by atoms with Crippen LogP contribution in [0.15, 0.2) is 84.0 Å². The molecule has 3 heterocycles. The molecule has 0 spiro atoms. The minimum absolute atomic E-state index is 0.0820. The number of hydrogen-bond donors (Lipinski definition) is 0. The first-order valence-corrected chi connectivity index (χ1v) is 12.4. The van der Waals surface area contributed by atoms with Crippen LogP contribution in [-0.4, -0.2) is 46.4 Å². The Morgan fingerprint density at radius 1 is 0.971 bits per heavy atom. The number of fused-ring (bicyclic) bond motifs is 1. The van der Waals surface area contributed by atoms with E-state index < -0.39 is 0 Å². The van der Waals surface area contributed by atoms with E-state index in [1.54, 1.807) is 11.8 Å². The molecule has 1 aliphatic heterocycles. The molecule has 170 valence electrons. The van der Waals surface area contributed by atoms with E-state index in [0.717, 1.165) is 59.3 Å². The number of benzene rings is 2. The Balaban J connectivity index is 1.17. The number of nitriles is 1. The van der Waals surface area contributed by atoms with Crippen LogP contribution in [0.4, 0.5) is 5.69 Å². The first-order valence-electron chi connectivity index (χ1n) is 11.4. The third kappa shape index (κ3) is 4.92. The molecule has 0 N–H and O–H groups in total. The zero-order chi connectivity index (χ0) is 23.3. The van der Waals surface area contributed by atoms with E-state index in [1.165, 1.54) is 0 Å². The highest BCUT2D eigenvalue weighted by Crippen LogP contribution is 2.24. The quantitative estimate of drug-likeness (QED) is 0.393. The molecular formula is C27H25N5OS. The van der Waals surface area contributed by atoms with Crippen LogP contribution >= 0.6 is 11.8 Å². The van der Waals surface area contributed by atoms with Crippen molar-refractivity contribution in [3.8, 4) is 6.07 Å². The number of thioether (sulfide) groups is 1. The predicted octanol–water partition coefficient (Wildman–Crippen LogP) is 4.85. The van der Waals surface area contributed by atoms with Gasteiger partial charge in [-0.25, -0.2) is 4.98 Å². The highest BCUT2D eigenvalue weighted by molar-refractivity contribution is 7.98. The molecule has 1 saturated heterocycles. The number of rotatable bonds is 5. The molecule has 5 rings (SSSR count). The molecule has 1 aliphatic rings. The highest BCUT2D eigenvalue weighted by Gasteiger charge is 2.20. The van der Waals surface area contributed by atoms with Gasteiger partial charge in [0.25, 0.3) is 5.91 Å². The minimum Gasteiger partial charge on any atom is -0.370 e. The molecule has 0 aliphatic carbocycles. The molecule has 0 saturated carbocycles. The second kappa shape index (κ2) is 10.0. The first-order chi connectivity index (χ1) is 16.7. The number of hydrogen-bond acceptors (Lipinski definition) is 5. The molecule has 34 heavy (non-hydrogen) atoms. The van der Waals surface area contributed by atoms with Gasteiger partial charge in [0.05, 0.1) is 17.3 Å². The van der Waals surface area contributed by atoms with Gasteiger partial charge in [0.1, 0.15) is 5.65 Å². The molecule has 0 atom stereocenters. The van der Waals surface area contributed by atoms with Gasteiger partial charge in [0.15, 0.2) is 0 Å². The van der Waals surface area contributed by atoms with Gasteiger partial charge >= 0.3 is 0 Å². The van der Waals surface area contributed by atoms with Crippen LogP contribution in [0, 0.1) is 11.3 Å². The third-order valence-corrected chi connectivity index (χ3v) is 7.09. The minimum atomic E-state index is 0.0820. The fourth-order valence-electron chi connectivity index (χ4n) is 4.22. The fraction of sp³-hybridized carbons (Fsp3) is 0.222. The molecule has 1 fully saturated rings. The van der Waals surface area contributed by atoms with Crippen molar-refractivity contribution >= 4 is 29.0 Å². The number of carbonyl (C=O) groups is 1. The predicted molar refractivity (Wildman–Crippen MR) is 135 cm³/mol. The number of imidazole rings is 1. The van der Waals surface area contributed by atoms with Gasteiger partial charge in [0.2, 0.25) is 0 Å². The van der Waals surface area contributed by atoms with E-state index in [0.29, 0.717) is 12.1 Å². The van der Waals surface area contributed by atoms with Crippen LogP contribution in [-0.2, 0) is 5.75 Å². The maximum absolute atomic E-state index is 13.1. The molecule has 2 aromatic carbocycles. The average molecular weight is 468 g/mol. The maximum atomic E-state index is 13.1. The standard InChI is InChI=1S/C27H25N5OS/c28-18-21-5-9-24(10-6-21)30-14-3-15-31(17-16-30)27(33)22-7-11-25(12-8-22)34-20-23-19-32-13-2-1-4-26(32)29-23/h1-2,4-13,19H,3,14-17,20H2. The number of pyridine rings is 1. The van der Waals surface area contributed by atoms with Crippen molar-refractivity contribution in [2.45, 2.75) is 17.1 Å². The summed E-state index contributed by atoms with van der Waals surface area (Å²) >= 11 is 1.72. The second-order valence-corrected chi connectivity index (χ2v) is 9.35. The summed E-state index contributed by atoms with van der Waals surface area (Å²) in [6.07, 6.45) is 4.97. The Morgan fingerprint density at radius 3 is 2.56 bits per heavy atom. The van der Waals surface area contributed by atoms with Crippen LogP contribution < -0.4 is 4.90 Å². The number of amides is 1. The van der Waals surface area contributed by atoms with Crippen LogP contribution in [0.2, 0.25) is 0 Å². The number of anilines is 1. The monoisotopic (exact) mass is 467 g/mol. The van der Waals surface area contributed by atoms with Gasteiger partial charge in [-0.2, -0.15) is 5.26 Å². The third-order valence-electron chi connectivity index (χ3n) is 6.05. The zero-order valence-electron chi connectivity index (χ0n) is 18.8. The SMILES string of the molecule is N#Cc1ccc(N2CCCN(C(=O)c3ccc(SCc4cn5ccccc5n4)cc3)CC2)cc1. The number of carbonyl (C=O) groups excluding carboxylic acids is 1. The lowest BCUT2D eigenvalue weighted by atomic mass is 10.2. The van der Waals surface area contributed by atoms with Gasteiger partial charge in [0, 0.05) is 60.5 Å². The molecule has 2 aromatic heterocycles. The van der Waals surface area contributed by atoms with E-state index in [2.05, 4.69) is 22.1 Å². The lowest BCUT2D eigenvalue weighted by Crippen LogP contribution is -2.35. The van der Waals surface area contributed by atoms with E-state index >= 15 is 0 Å². The molecule has 7 heteroatoms. The van der Waals surface area contributed by atoms with E-state index in [4.69, 9.17) is 5.26 Å². The van der Waals surface area contributed by atoms with Crippen LogP contribution in [0.25, 0.3) is 5.65 Å². The van der Waals surface area contributed by atoms with Crippen molar-refractivity contribution < 1.29 is 4.79 Å². The molecule has 1 amide bonds. The van der Waals surface area contributed by atoms with Crippen molar-refractivity contribution in [2.75, 3.05) is 31.1 Å². The van der Waals surface area contributed by atoms with Crippen molar-refractivity contribution in [3.05, 3.63) is 95.9 Å². The van der Waals surface area contributed by atoms with Gasteiger partial charge in [-0.15, -0.1) is 11.8 Å². The second-order valence-electron chi connectivity index (χ2n) is 8.30. The summed E-state index contributed by atoms with van der Waals surface area (Å²) in [6, 6.07) is 23.7. The Labute approximate surface area is 203 Å². The summed E-state index contributed by atoms with van der Waals surface area (Å²) in [5, 5.41) is 9.00. The van der Waals surface area contributed by atoms with E-state index in [1.807, 2.05) is 82.2 Å². The van der Waals surface area contributed by atoms with Gasteiger partial charge < -0.3 is 14.2 Å². The zero-order valence-corrected chi connectivity index (χ0v) is 19.6. The molecule has 6 nitrogen and oxygen atoms in total. The molecule has 0 unspecified atom stereocenters. The smallest absolute Gasteiger partial charge is 0.253 e. The summed E-state index contributed by atoms with van der Waals surface area (Å²) in [4.78, 5) is 23.1. The normalized spacial score (nSPS) is 14.1. The van der Waals surface area contributed by atoms with Gasteiger partial charge in [-0.05, 0) is 67.1 Å². The average Bonchev–Trinajstić information content (AvgIpc) is 3.15. The summed E-state index contributed by atoms with van der Waals surface area (Å²) in [6.45, 7) is 3.11. The lowest BCUT2D eigenvalue weighted by molar-refractivity contribution is 0.0767. The Hall–Kier alpha value is -3.76. The van der Waals surface area contributed by atoms with E-state index in [-0.39, 0.29) is 5.91 Å². The number of nitrogens with zero attached hydrogens (tertiary/aromatic N) is 5. The number of aromatic nitrogens is 2. The maximum Gasteiger partial charge on any atom is 0.253 e. The van der Waals surface area contributed by atoms with Crippen molar-refractivity contribution in [1.29, 1.82) is 5.26 Å². The first kappa shape index (κ1) is 22.1. The summed E-state index contributed by atoms with van der Waals surface area (Å²) in [7, 11) is 0. The molecule has 4 aromatic rings. The van der Waals surface area contributed by atoms with Crippen LogP contribution in [0.1, 0.15) is 28.0 Å². The molecule has 0 bridgehead atoms.